The third-order valence-electron chi connectivity index (χ3n) is 2.30. The number of carbonyl (C=O) groups is 2. The molecule has 0 amide bonds. The first kappa shape index (κ1) is 16.4. The predicted molar refractivity (Wildman–Crippen MR) is 69.9 cm³/mol. The van der Waals surface area contributed by atoms with Gasteiger partial charge in [0.15, 0.2) is 0 Å². The van der Waals surface area contributed by atoms with E-state index in [4.69, 9.17) is 9.47 Å². The summed E-state index contributed by atoms with van der Waals surface area (Å²) in [5.74, 6) is -0.799. The van der Waals surface area contributed by atoms with Crippen molar-refractivity contribution < 1.29 is 19.1 Å². The van der Waals surface area contributed by atoms with E-state index >= 15 is 0 Å². The van der Waals surface area contributed by atoms with Gasteiger partial charge in [0.1, 0.15) is 0 Å². The first-order chi connectivity index (χ1) is 8.15. The maximum atomic E-state index is 11.2. The monoisotopic (exact) mass is 254 g/mol. The van der Waals surface area contributed by atoms with Crippen LogP contribution in [-0.4, -0.2) is 25.2 Å². The highest BCUT2D eigenvalue weighted by Gasteiger charge is 2.21. The van der Waals surface area contributed by atoms with Gasteiger partial charge < -0.3 is 9.47 Å². The minimum Gasteiger partial charge on any atom is -0.462 e. The zero-order valence-electron chi connectivity index (χ0n) is 11.7. The Bertz CT molecular complexity index is 353. The molecule has 0 saturated heterocycles. The summed E-state index contributed by atoms with van der Waals surface area (Å²) >= 11 is 0. The van der Waals surface area contributed by atoms with Gasteiger partial charge in [-0.15, -0.1) is 0 Å². The molecule has 0 aliphatic heterocycles. The normalized spacial score (nSPS) is 10.7. The number of ether oxygens (including phenoxy) is 2. The highest BCUT2D eigenvalue weighted by molar-refractivity contribution is 5.87. The van der Waals surface area contributed by atoms with Gasteiger partial charge >= 0.3 is 11.9 Å². The van der Waals surface area contributed by atoms with Crippen molar-refractivity contribution in [1.82, 2.24) is 0 Å². The van der Waals surface area contributed by atoms with Crippen LogP contribution < -0.4 is 0 Å². The van der Waals surface area contributed by atoms with Gasteiger partial charge in [0.2, 0.25) is 0 Å². The Labute approximate surface area is 109 Å². The second-order valence-corrected chi connectivity index (χ2v) is 5.19. The minimum absolute atomic E-state index is 0.250. The molecule has 0 radical (unpaired) electrons. The van der Waals surface area contributed by atoms with Crippen molar-refractivity contribution in [1.29, 1.82) is 0 Å². The molecule has 0 bridgehead atoms. The van der Waals surface area contributed by atoms with Crippen molar-refractivity contribution in [3.8, 4) is 0 Å². The zero-order valence-corrected chi connectivity index (χ0v) is 11.7. The van der Waals surface area contributed by atoms with E-state index < -0.39 is 11.9 Å². The van der Waals surface area contributed by atoms with Crippen molar-refractivity contribution >= 4 is 11.9 Å². The zero-order chi connectivity index (χ0) is 14.3. The number of hydrogen-bond acceptors (Lipinski definition) is 4. The SMILES string of the molecule is C=C(C)C(=O)OCCC(C)(C)COC(=O)C(=C)C. The molecule has 0 N–H and O–H groups in total. The Kier molecular flexibility index (Phi) is 6.37. The molecule has 0 spiro atoms. The van der Waals surface area contributed by atoms with Crippen LogP contribution in [0.25, 0.3) is 0 Å². The average molecular weight is 254 g/mol. The van der Waals surface area contributed by atoms with E-state index in [1.165, 1.54) is 0 Å². The molecule has 4 nitrogen and oxygen atoms in total. The van der Waals surface area contributed by atoms with Crippen molar-refractivity contribution in [2.45, 2.75) is 34.1 Å². The maximum absolute atomic E-state index is 11.2. The fourth-order valence-corrected chi connectivity index (χ4v) is 1.000. The van der Waals surface area contributed by atoms with Gasteiger partial charge in [-0.1, -0.05) is 27.0 Å². The van der Waals surface area contributed by atoms with Crippen LogP contribution in [0.4, 0.5) is 0 Å². The molecule has 0 heterocycles. The van der Waals surface area contributed by atoms with Crippen LogP contribution in [0.1, 0.15) is 34.1 Å². The van der Waals surface area contributed by atoms with Crippen LogP contribution in [0.3, 0.4) is 0 Å². The lowest BCUT2D eigenvalue weighted by molar-refractivity contribution is -0.144. The summed E-state index contributed by atoms with van der Waals surface area (Å²) in [4.78, 5) is 22.4. The van der Waals surface area contributed by atoms with Crippen LogP contribution in [0.5, 0.6) is 0 Å². The van der Waals surface area contributed by atoms with E-state index in [-0.39, 0.29) is 18.6 Å². The Morgan fingerprint density at radius 2 is 1.44 bits per heavy atom. The van der Waals surface area contributed by atoms with Crippen LogP contribution >= 0.6 is 0 Å². The lowest BCUT2D eigenvalue weighted by Gasteiger charge is -2.23. The van der Waals surface area contributed by atoms with Crippen molar-refractivity contribution in [2.75, 3.05) is 13.2 Å². The molecule has 102 valence electrons. The van der Waals surface area contributed by atoms with Gasteiger partial charge in [-0.25, -0.2) is 9.59 Å². The number of hydrogen-bond donors (Lipinski definition) is 0. The lowest BCUT2D eigenvalue weighted by Crippen LogP contribution is -2.24. The predicted octanol–water partition coefficient (Wildman–Crippen LogP) is 2.64. The first-order valence-electron chi connectivity index (χ1n) is 5.81. The standard InChI is InChI=1S/C14H22O4/c1-10(2)12(15)17-8-7-14(5,6)9-18-13(16)11(3)4/h1,3,7-9H2,2,4-6H3. The second kappa shape index (κ2) is 6.99. The van der Waals surface area contributed by atoms with E-state index in [9.17, 15) is 9.59 Å². The molecular formula is C14H22O4. The molecule has 4 heteroatoms. The molecule has 0 aromatic carbocycles. The highest BCUT2D eigenvalue weighted by Crippen LogP contribution is 2.21. The third-order valence-corrected chi connectivity index (χ3v) is 2.30. The van der Waals surface area contributed by atoms with Crippen LogP contribution in [0.15, 0.2) is 24.3 Å². The van der Waals surface area contributed by atoms with Gasteiger partial charge in [-0.05, 0) is 20.3 Å². The molecule has 0 saturated carbocycles. The summed E-state index contributed by atoms with van der Waals surface area (Å²) in [7, 11) is 0. The summed E-state index contributed by atoms with van der Waals surface area (Å²) in [6, 6.07) is 0. The molecule has 0 aromatic rings. The Balaban J connectivity index is 4.01. The quantitative estimate of drug-likeness (QED) is 0.517. The molecule has 0 rings (SSSR count). The van der Waals surface area contributed by atoms with E-state index in [0.29, 0.717) is 17.6 Å². The van der Waals surface area contributed by atoms with Gasteiger partial charge in [0.05, 0.1) is 13.2 Å². The van der Waals surface area contributed by atoms with Crippen LogP contribution in [0.2, 0.25) is 0 Å². The summed E-state index contributed by atoms with van der Waals surface area (Å²) < 4.78 is 10.1. The number of esters is 2. The number of carbonyl (C=O) groups excluding carboxylic acids is 2. The van der Waals surface area contributed by atoms with Gasteiger partial charge in [-0.3, -0.25) is 0 Å². The molecular weight excluding hydrogens is 232 g/mol. The molecule has 0 aromatic heterocycles. The Morgan fingerprint density at radius 1 is 1.00 bits per heavy atom. The van der Waals surface area contributed by atoms with Gasteiger partial charge in [0, 0.05) is 16.6 Å². The van der Waals surface area contributed by atoms with E-state index in [1.807, 2.05) is 13.8 Å². The van der Waals surface area contributed by atoms with E-state index in [2.05, 4.69) is 13.2 Å². The van der Waals surface area contributed by atoms with Crippen LogP contribution in [-0.2, 0) is 19.1 Å². The third kappa shape index (κ3) is 6.89. The summed E-state index contributed by atoms with van der Waals surface area (Å²) in [5, 5.41) is 0. The largest absolute Gasteiger partial charge is 0.462 e. The van der Waals surface area contributed by atoms with Gasteiger partial charge in [0.25, 0.3) is 0 Å². The Hall–Kier alpha value is -1.58. The highest BCUT2D eigenvalue weighted by atomic mass is 16.5. The minimum atomic E-state index is -0.401. The van der Waals surface area contributed by atoms with Gasteiger partial charge in [-0.2, -0.15) is 0 Å². The fourth-order valence-electron chi connectivity index (χ4n) is 1.000. The van der Waals surface area contributed by atoms with E-state index in [1.54, 1.807) is 13.8 Å². The van der Waals surface area contributed by atoms with Crippen molar-refractivity contribution in [3.63, 3.8) is 0 Å². The molecule has 0 aliphatic carbocycles. The summed E-state index contributed by atoms with van der Waals surface area (Å²) in [5.41, 5.74) is 0.501. The van der Waals surface area contributed by atoms with Crippen molar-refractivity contribution in [3.05, 3.63) is 24.3 Å². The maximum Gasteiger partial charge on any atom is 0.333 e. The first-order valence-corrected chi connectivity index (χ1v) is 5.81. The average Bonchev–Trinajstić information content (AvgIpc) is 2.25. The Morgan fingerprint density at radius 3 is 1.89 bits per heavy atom. The number of rotatable bonds is 7. The fraction of sp³-hybridized carbons (Fsp3) is 0.571. The second-order valence-electron chi connectivity index (χ2n) is 5.19. The lowest BCUT2D eigenvalue weighted by atomic mass is 9.91. The van der Waals surface area contributed by atoms with Crippen molar-refractivity contribution in [2.24, 2.45) is 5.41 Å². The molecule has 0 aliphatic rings. The molecule has 18 heavy (non-hydrogen) atoms. The van der Waals surface area contributed by atoms with Crippen LogP contribution in [0, 0.1) is 5.41 Å². The molecule has 0 atom stereocenters. The smallest absolute Gasteiger partial charge is 0.333 e. The topological polar surface area (TPSA) is 52.6 Å². The summed E-state index contributed by atoms with van der Waals surface area (Å²) in [6.07, 6.45) is 0.607. The van der Waals surface area contributed by atoms with E-state index in [0.717, 1.165) is 0 Å². The molecule has 0 unspecified atom stereocenters. The molecule has 0 fully saturated rings. The summed E-state index contributed by atoms with van der Waals surface area (Å²) in [6.45, 7) is 14.6.